The summed E-state index contributed by atoms with van der Waals surface area (Å²) in [7, 11) is 0. The van der Waals surface area contributed by atoms with E-state index in [1.165, 1.54) is 0 Å². The van der Waals surface area contributed by atoms with Crippen molar-refractivity contribution in [1.29, 1.82) is 0 Å². The number of aryl methyl sites for hydroxylation is 1. The predicted octanol–water partition coefficient (Wildman–Crippen LogP) is 2.71. The van der Waals surface area contributed by atoms with Gasteiger partial charge in [0.25, 0.3) is 0 Å². The van der Waals surface area contributed by atoms with Gasteiger partial charge in [-0.05, 0) is 36.8 Å². The van der Waals surface area contributed by atoms with Gasteiger partial charge in [-0.3, -0.25) is 9.59 Å². The molecule has 150 valence electrons. The van der Waals surface area contributed by atoms with E-state index in [1.807, 2.05) is 38.4 Å². The average Bonchev–Trinajstić information content (AvgIpc) is 3.34. The van der Waals surface area contributed by atoms with Gasteiger partial charge in [-0.1, -0.05) is 38.1 Å². The van der Waals surface area contributed by atoms with E-state index in [4.69, 9.17) is 5.73 Å². The standard InChI is InChI=1S/C21H28N4O2S/c1-13(2)18(22)21(27)25-10-4-5-17(25)20(26)23-11-15-6-8-16(9-7-15)19-14(3)24-12-28-19/h6-9,12-13,17-18H,4-5,10-11,22H2,1-3H3,(H,23,26). The normalized spacial score (nSPS) is 17.8. The Morgan fingerprint density at radius 2 is 2.04 bits per heavy atom. The molecule has 0 bridgehead atoms. The molecule has 0 radical (unpaired) electrons. The van der Waals surface area contributed by atoms with Crippen LogP contribution in [0, 0.1) is 12.8 Å². The number of likely N-dealkylation sites (tertiary alicyclic amines) is 1. The highest BCUT2D eigenvalue weighted by Gasteiger charge is 2.36. The van der Waals surface area contributed by atoms with Crippen molar-refractivity contribution in [3.05, 3.63) is 41.0 Å². The summed E-state index contributed by atoms with van der Waals surface area (Å²) in [5.74, 6) is -0.182. The Hall–Kier alpha value is -2.25. The van der Waals surface area contributed by atoms with Gasteiger partial charge in [-0.15, -0.1) is 11.3 Å². The molecule has 3 N–H and O–H groups in total. The van der Waals surface area contributed by atoms with Crippen LogP contribution in [0.1, 0.15) is 37.9 Å². The van der Waals surface area contributed by atoms with Crippen molar-refractivity contribution in [2.45, 2.75) is 52.2 Å². The van der Waals surface area contributed by atoms with Crippen molar-refractivity contribution in [3.63, 3.8) is 0 Å². The van der Waals surface area contributed by atoms with Gasteiger partial charge < -0.3 is 16.0 Å². The Morgan fingerprint density at radius 1 is 1.32 bits per heavy atom. The maximum Gasteiger partial charge on any atom is 0.243 e. The summed E-state index contributed by atoms with van der Waals surface area (Å²) in [5.41, 5.74) is 11.0. The zero-order valence-electron chi connectivity index (χ0n) is 16.6. The number of nitrogens with two attached hydrogens (primary N) is 1. The van der Waals surface area contributed by atoms with E-state index in [0.717, 1.165) is 28.1 Å². The van der Waals surface area contributed by atoms with Crippen molar-refractivity contribution in [1.82, 2.24) is 15.2 Å². The molecule has 7 heteroatoms. The summed E-state index contributed by atoms with van der Waals surface area (Å²) >= 11 is 1.62. The van der Waals surface area contributed by atoms with Crippen LogP contribution in [0.25, 0.3) is 10.4 Å². The summed E-state index contributed by atoms with van der Waals surface area (Å²) in [5, 5.41) is 2.98. The Morgan fingerprint density at radius 3 is 2.64 bits per heavy atom. The molecular formula is C21H28N4O2S. The van der Waals surface area contributed by atoms with Crippen molar-refractivity contribution in [3.8, 4) is 10.4 Å². The van der Waals surface area contributed by atoms with E-state index in [1.54, 1.807) is 16.2 Å². The van der Waals surface area contributed by atoms with Crippen molar-refractivity contribution < 1.29 is 9.59 Å². The zero-order valence-corrected chi connectivity index (χ0v) is 17.5. The van der Waals surface area contributed by atoms with E-state index < -0.39 is 12.1 Å². The molecule has 0 aliphatic carbocycles. The van der Waals surface area contributed by atoms with Gasteiger partial charge in [0.05, 0.1) is 22.1 Å². The molecule has 1 fully saturated rings. The smallest absolute Gasteiger partial charge is 0.243 e. The minimum atomic E-state index is -0.559. The second-order valence-electron chi connectivity index (χ2n) is 7.64. The van der Waals surface area contributed by atoms with Crippen LogP contribution >= 0.6 is 11.3 Å². The highest BCUT2D eigenvalue weighted by Crippen LogP contribution is 2.27. The van der Waals surface area contributed by atoms with Gasteiger partial charge in [0, 0.05) is 13.1 Å². The molecular weight excluding hydrogens is 372 g/mol. The summed E-state index contributed by atoms with van der Waals surface area (Å²) in [6, 6.07) is 7.15. The molecule has 1 saturated heterocycles. The molecule has 1 aromatic carbocycles. The van der Waals surface area contributed by atoms with Crippen LogP contribution in [-0.4, -0.2) is 40.3 Å². The van der Waals surface area contributed by atoms with Gasteiger partial charge in [0.2, 0.25) is 11.8 Å². The quantitative estimate of drug-likeness (QED) is 0.780. The van der Waals surface area contributed by atoms with Crippen LogP contribution < -0.4 is 11.1 Å². The average molecular weight is 401 g/mol. The molecule has 28 heavy (non-hydrogen) atoms. The molecule has 6 nitrogen and oxygen atoms in total. The number of aromatic nitrogens is 1. The first-order valence-electron chi connectivity index (χ1n) is 9.71. The third-order valence-corrected chi connectivity index (χ3v) is 6.25. The predicted molar refractivity (Wildman–Crippen MR) is 112 cm³/mol. The molecule has 0 spiro atoms. The number of carbonyl (C=O) groups excluding carboxylic acids is 2. The molecule has 1 aliphatic rings. The van der Waals surface area contributed by atoms with Crippen LogP contribution in [0.5, 0.6) is 0 Å². The van der Waals surface area contributed by atoms with Crippen molar-refractivity contribution in [2.75, 3.05) is 6.54 Å². The number of nitrogens with zero attached hydrogens (tertiary/aromatic N) is 2. The van der Waals surface area contributed by atoms with Crippen LogP contribution in [0.15, 0.2) is 29.8 Å². The van der Waals surface area contributed by atoms with E-state index in [-0.39, 0.29) is 17.7 Å². The van der Waals surface area contributed by atoms with Crippen LogP contribution in [-0.2, 0) is 16.1 Å². The fraction of sp³-hybridized carbons (Fsp3) is 0.476. The zero-order chi connectivity index (χ0) is 20.3. The summed E-state index contributed by atoms with van der Waals surface area (Å²) in [6.45, 7) is 6.88. The monoisotopic (exact) mass is 400 g/mol. The van der Waals surface area contributed by atoms with Gasteiger partial charge in [-0.2, -0.15) is 0 Å². The van der Waals surface area contributed by atoms with E-state index in [9.17, 15) is 9.59 Å². The number of hydrogen-bond acceptors (Lipinski definition) is 5. The van der Waals surface area contributed by atoms with Crippen LogP contribution in [0.4, 0.5) is 0 Å². The second-order valence-corrected chi connectivity index (χ2v) is 8.50. The number of amides is 2. The maximum atomic E-state index is 12.7. The van der Waals surface area contributed by atoms with Crippen LogP contribution in [0.3, 0.4) is 0 Å². The summed E-state index contributed by atoms with van der Waals surface area (Å²) < 4.78 is 0. The molecule has 1 aliphatic heterocycles. The second kappa shape index (κ2) is 8.84. The molecule has 0 saturated carbocycles. The lowest BCUT2D eigenvalue weighted by molar-refractivity contribution is -0.140. The molecule has 2 unspecified atom stereocenters. The fourth-order valence-corrected chi connectivity index (χ4v) is 4.25. The Kier molecular flexibility index (Phi) is 6.46. The lowest BCUT2D eigenvalue weighted by Crippen LogP contribution is -2.52. The molecule has 1 aromatic heterocycles. The van der Waals surface area contributed by atoms with Gasteiger partial charge >= 0.3 is 0 Å². The first-order chi connectivity index (χ1) is 13.4. The van der Waals surface area contributed by atoms with Gasteiger partial charge in [0.1, 0.15) is 6.04 Å². The summed E-state index contributed by atoms with van der Waals surface area (Å²) in [6.07, 6.45) is 1.52. The topological polar surface area (TPSA) is 88.3 Å². The number of carbonyl (C=O) groups is 2. The lowest BCUT2D eigenvalue weighted by Gasteiger charge is -2.28. The van der Waals surface area contributed by atoms with Crippen molar-refractivity contribution in [2.24, 2.45) is 11.7 Å². The third-order valence-electron chi connectivity index (χ3n) is 5.27. The molecule has 2 atom stereocenters. The van der Waals surface area contributed by atoms with E-state index >= 15 is 0 Å². The molecule has 2 heterocycles. The largest absolute Gasteiger partial charge is 0.350 e. The first-order valence-corrected chi connectivity index (χ1v) is 10.6. The Bertz CT molecular complexity index is 831. The minimum Gasteiger partial charge on any atom is -0.350 e. The SMILES string of the molecule is Cc1ncsc1-c1ccc(CNC(=O)C2CCCN2C(=O)C(N)C(C)C)cc1. The Balaban J connectivity index is 1.59. The maximum absolute atomic E-state index is 12.7. The van der Waals surface area contributed by atoms with E-state index in [0.29, 0.717) is 19.5 Å². The first kappa shape index (κ1) is 20.5. The van der Waals surface area contributed by atoms with Gasteiger partial charge in [-0.25, -0.2) is 4.98 Å². The number of benzene rings is 1. The Labute approximate surface area is 170 Å². The molecule has 3 rings (SSSR count). The number of nitrogens with one attached hydrogen (secondary N) is 1. The third kappa shape index (κ3) is 4.42. The van der Waals surface area contributed by atoms with Crippen molar-refractivity contribution >= 4 is 23.2 Å². The summed E-state index contributed by atoms with van der Waals surface area (Å²) in [4.78, 5) is 32.3. The van der Waals surface area contributed by atoms with Crippen LogP contribution in [0.2, 0.25) is 0 Å². The number of rotatable bonds is 6. The number of hydrogen-bond donors (Lipinski definition) is 2. The molecule has 2 amide bonds. The minimum absolute atomic E-state index is 0.0532. The van der Waals surface area contributed by atoms with Gasteiger partial charge in [0.15, 0.2) is 0 Å². The fourth-order valence-electron chi connectivity index (χ4n) is 3.44. The van der Waals surface area contributed by atoms with E-state index in [2.05, 4.69) is 22.4 Å². The highest BCUT2D eigenvalue weighted by molar-refractivity contribution is 7.13. The molecule has 2 aromatic rings. The highest BCUT2D eigenvalue weighted by atomic mass is 32.1. The number of thiazole rings is 1. The lowest BCUT2D eigenvalue weighted by atomic mass is 10.0.